The van der Waals surface area contributed by atoms with Crippen LogP contribution in [0.1, 0.15) is 26.0 Å². The minimum Gasteiger partial charge on any atom is -0.387 e. The fourth-order valence-electron chi connectivity index (χ4n) is 1.11. The molecule has 4 N–H and O–H groups in total. The van der Waals surface area contributed by atoms with Crippen LogP contribution >= 0.6 is 0 Å². The van der Waals surface area contributed by atoms with Crippen LogP contribution in [0.4, 0.5) is 5.82 Å². The van der Waals surface area contributed by atoms with Crippen LogP contribution in [0.15, 0.2) is 17.1 Å². The summed E-state index contributed by atoms with van der Waals surface area (Å²) in [5, 5.41) is 14.0. The third-order valence-corrected chi connectivity index (χ3v) is 1.63. The van der Waals surface area contributed by atoms with Gasteiger partial charge in [0.25, 0.3) is 0 Å². The second-order valence-electron chi connectivity index (χ2n) is 3.24. The zero-order chi connectivity index (χ0) is 11.3. The van der Waals surface area contributed by atoms with Crippen molar-refractivity contribution in [1.82, 2.24) is 10.2 Å². The molecule has 0 atom stereocenters. The van der Waals surface area contributed by atoms with Crippen molar-refractivity contribution in [2.24, 2.45) is 10.7 Å². The summed E-state index contributed by atoms with van der Waals surface area (Å²) >= 11 is 0. The highest BCUT2D eigenvalue weighted by molar-refractivity contribution is 6.00. The van der Waals surface area contributed by atoms with Crippen molar-refractivity contribution >= 4 is 23.4 Å². The molecule has 0 unspecified atom stereocenters. The molecule has 5 heteroatoms. The lowest BCUT2D eigenvalue weighted by Gasteiger charge is -1.95. The molecule has 5 nitrogen and oxygen atoms in total. The van der Waals surface area contributed by atoms with Crippen LogP contribution in [0.3, 0.4) is 0 Å². The minimum atomic E-state index is 0.381. The molecule has 1 heterocycles. The number of nitrogens with zero attached hydrogens (tertiary/aromatic N) is 2. The molecule has 0 radical (unpaired) electrons. The van der Waals surface area contributed by atoms with Crippen molar-refractivity contribution in [3.8, 4) is 0 Å². The number of H-pyrrole nitrogens is 1. The van der Waals surface area contributed by atoms with Crippen molar-refractivity contribution < 1.29 is 0 Å². The van der Waals surface area contributed by atoms with E-state index in [4.69, 9.17) is 11.1 Å². The minimum absolute atomic E-state index is 0.381. The Morgan fingerprint density at radius 1 is 1.73 bits per heavy atom. The largest absolute Gasteiger partial charge is 0.387 e. The third-order valence-electron chi connectivity index (χ3n) is 1.63. The van der Waals surface area contributed by atoms with Crippen LogP contribution in [-0.2, 0) is 0 Å². The molecule has 0 amide bonds. The number of rotatable bonds is 4. The molecule has 0 spiro atoms. The number of aromatic nitrogens is 2. The summed E-state index contributed by atoms with van der Waals surface area (Å²) in [6, 6.07) is 1.80. The Kier molecular flexibility index (Phi) is 3.79. The quantitative estimate of drug-likeness (QED) is 0.517. The fourth-order valence-corrected chi connectivity index (χ4v) is 1.11. The van der Waals surface area contributed by atoms with Crippen molar-refractivity contribution in [2.75, 3.05) is 0 Å². The number of amidine groups is 1. The van der Waals surface area contributed by atoms with E-state index in [0.29, 0.717) is 23.8 Å². The maximum Gasteiger partial charge on any atom is 0.175 e. The van der Waals surface area contributed by atoms with E-state index in [1.54, 1.807) is 13.0 Å². The predicted molar refractivity (Wildman–Crippen MR) is 62.6 cm³/mol. The van der Waals surface area contributed by atoms with Gasteiger partial charge in [-0.3, -0.25) is 5.10 Å². The summed E-state index contributed by atoms with van der Waals surface area (Å²) in [4.78, 5) is 4.08. The Hall–Kier alpha value is -1.91. The molecule has 0 saturated heterocycles. The van der Waals surface area contributed by atoms with E-state index in [2.05, 4.69) is 15.2 Å². The zero-order valence-corrected chi connectivity index (χ0v) is 8.91. The molecule has 80 valence electrons. The van der Waals surface area contributed by atoms with Gasteiger partial charge in [-0.25, -0.2) is 4.99 Å². The Balaban J connectivity index is 2.75. The molecule has 0 aliphatic rings. The van der Waals surface area contributed by atoms with Gasteiger partial charge in [0, 0.05) is 18.2 Å². The molecular formula is C10H15N5. The van der Waals surface area contributed by atoms with E-state index in [1.807, 2.05) is 19.1 Å². The van der Waals surface area contributed by atoms with Crippen LogP contribution in [0.25, 0.3) is 6.08 Å². The van der Waals surface area contributed by atoms with Crippen LogP contribution in [0.5, 0.6) is 0 Å². The fraction of sp³-hybridized carbons (Fsp3) is 0.300. The third kappa shape index (κ3) is 3.76. The van der Waals surface area contributed by atoms with Crippen molar-refractivity contribution in [3.63, 3.8) is 0 Å². The number of nitrogens with two attached hydrogens (primary N) is 1. The monoisotopic (exact) mass is 205 g/mol. The summed E-state index contributed by atoms with van der Waals surface area (Å²) < 4.78 is 0. The van der Waals surface area contributed by atoms with E-state index in [0.717, 1.165) is 5.69 Å². The average molecular weight is 205 g/mol. The van der Waals surface area contributed by atoms with E-state index in [9.17, 15) is 0 Å². The van der Waals surface area contributed by atoms with Crippen molar-refractivity contribution in [1.29, 1.82) is 5.41 Å². The SMILES string of the molecule is C/C=C/c1cc(N=C(N)CC(C)=N)n[nH]1. The topological polar surface area (TPSA) is 90.9 Å². The maximum absolute atomic E-state index is 7.26. The second-order valence-corrected chi connectivity index (χ2v) is 3.24. The van der Waals surface area contributed by atoms with E-state index in [1.165, 1.54) is 0 Å². The molecule has 0 aromatic carbocycles. The Morgan fingerprint density at radius 3 is 3.07 bits per heavy atom. The number of aromatic amines is 1. The van der Waals surface area contributed by atoms with Crippen LogP contribution in [-0.4, -0.2) is 21.7 Å². The summed E-state index contributed by atoms with van der Waals surface area (Å²) in [7, 11) is 0. The zero-order valence-electron chi connectivity index (χ0n) is 8.91. The molecule has 1 aromatic rings. The summed E-state index contributed by atoms with van der Waals surface area (Å²) in [5.74, 6) is 0.947. The first kappa shape index (κ1) is 11.2. The lowest BCUT2D eigenvalue weighted by atomic mass is 10.3. The van der Waals surface area contributed by atoms with Gasteiger partial charge < -0.3 is 11.1 Å². The maximum atomic E-state index is 7.26. The first-order chi connectivity index (χ1) is 7.11. The number of hydrogen-bond donors (Lipinski definition) is 3. The van der Waals surface area contributed by atoms with Gasteiger partial charge in [-0.1, -0.05) is 6.08 Å². The predicted octanol–water partition coefficient (Wildman–Crippen LogP) is 1.86. The second kappa shape index (κ2) is 5.09. The summed E-state index contributed by atoms with van der Waals surface area (Å²) in [6.45, 7) is 3.62. The van der Waals surface area contributed by atoms with Gasteiger partial charge in [0.15, 0.2) is 5.82 Å². The van der Waals surface area contributed by atoms with Gasteiger partial charge in [-0.2, -0.15) is 5.10 Å². The first-order valence-electron chi connectivity index (χ1n) is 4.67. The summed E-state index contributed by atoms with van der Waals surface area (Å²) in [5.41, 5.74) is 7.00. The van der Waals surface area contributed by atoms with Crippen LogP contribution < -0.4 is 5.73 Å². The standard InChI is InChI=1S/C10H15N5/c1-3-4-8-6-10(15-14-8)13-9(12)5-7(2)11/h3-4,6,11H,5H2,1-2H3,(H3,12,13,14,15)/b4-3+,11-7?. The molecule has 0 fully saturated rings. The van der Waals surface area contributed by atoms with E-state index in [-0.39, 0.29) is 0 Å². The lowest BCUT2D eigenvalue weighted by molar-refractivity contribution is 1.07. The van der Waals surface area contributed by atoms with Crippen molar-refractivity contribution in [2.45, 2.75) is 20.3 Å². The van der Waals surface area contributed by atoms with Gasteiger partial charge in [0.2, 0.25) is 0 Å². The highest BCUT2D eigenvalue weighted by Crippen LogP contribution is 2.10. The molecule has 0 aliphatic heterocycles. The van der Waals surface area contributed by atoms with Crippen LogP contribution in [0, 0.1) is 5.41 Å². The average Bonchev–Trinajstić information content (AvgIpc) is 2.51. The Morgan fingerprint density at radius 2 is 2.47 bits per heavy atom. The molecule has 15 heavy (non-hydrogen) atoms. The lowest BCUT2D eigenvalue weighted by Crippen LogP contribution is -2.14. The number of allylic oxidation sites excluding steroid dienone is 1. The molecule has 1 rings (SSSR count). The highest BCUT2D eigenvalue weighted by atomic mass is 15.2. The molecular weight excluding hydrogens is 190 g/mol. The molecule has 0 saturated carbocycles. The Labute approximate surface area is 88.6 Å². The summed E-state index contributed by atoms with van der Waals surface area (Å²) in [6.07, 6.45) is 4.18. The van der Waals surface area contributed by atoms with Crippen LogP contribution in [0.2, 0.25) is 0 Å². The van der Waals surface area contributed by atoms with Gasteiger partial charge in [0.05, 0.1) is 5.69 Å². The molecule has 1 aromatic heterocycles. The number of hydrogen-bond acceptors (Lipinski definition) is 3. The number of aliphatic imine (C=N–C) groups is 1. The van der Waals surface area contributed by atoms with Gasteiger partial charge in [-0.15, -0.1) is 0 Å². The highest BCUT2D eigenvalue weighted by Gasteiger charge is 1.99. The number of nitrogens with one attached hydrogen (secondary N) is 2. The molecule has 0 aliphatic carbocycles. The first-order valence-corrected chi connectivity index (χ1v) is 4.67. The van der Waals surface area contributed by atoms with Gasteiger partial charge >= 0.3 is 0 Å². The van der Waals surface area contributed by atoms with Gasteiger partial charge in [-0.05, 0) is 19.9 Å². The normalized spacial score (nSPS) is 12.3. The van der Waals surface area contributed by atoms with Crippen molar-refractivity contribution in [3.05, 3.63) is 17.8 Å². The van der Waals surface area contributed by atoms with E-state index >= 15 is 0 Å². The van der Waals surface area contributed by atoms with Gasteiger partial charge in [0.1, 0.15) is 5.84 Å². The Bertz CT molecular complexity index is 400. The van der Waals surface area contributed by atoms with E-state index < -0.39 is 0 Å². The smallest absolute Gasteiger partial charge is 0.175 e. The molecule has 0 bridgehead atoms.